The third-order valence-electron chi connectivity index (χ3n) is 3.86. The number of rotatable bonds is 7. The van der Waals surface area contributed by atoms with Crippen molar-refractivity contribution in [3.05, 3.63) is 48.0 Å². The second-order valence-electron chi connectivity index (χ2n) is 5.77. The molecule has 1 heterocycles. The van der Waals surface area contributed by atoms with Crippen LogP contribution in [0.5, 0.6) is 11.5 Å². The SMILES string of the molecule is CCCCC(=O)Nc1ccc(NCc2ccc3c(c2)OCO3)cc1. The molecule has 0 aliphatic carbocycles. The van der Waals surface area contributed by atoms with Crippen LogP contribution in [0.15, 0.2) is 42.5 Å². The monoisotopic (exact) mass is 326 g/mol. The van der Waals surface area contributed by atoms with Crippen LogP contribution in [-0.4, -0.2) is 12.7 Å². The van der Waals surface area contributed by atoms with Gasteiger partial charge in [0, 0.05) is 24.3 Å². The molecule has 0 atom stereocenters. The second-order valence-corrected chi connectivity index (χ2v) is 5.77. The van der Waals surface area contributed by atoms with Gasteiger partial charge < -0.3 is 20.1 Å². The van der Waals surface area contributed by atoms with Crippen molar-refractivity contribution >= 4 is 17.3 Å². The molecule has 0 fully saturated rings. The molecule has 0 saturated heterocycles. The van der Waals surface area contributed by atoms with Crippen molar-refractivity contribution in [1.82, 2.24) is 0 Å². The third kappa shape index (κ3) is 4.19. The van der Waals surface area contributed by atoms with E-state index in [2.05, 4.69) is 17.6 Å². The van der Waals surface area contributed by atoms with E-state index in [9.17, 15) is 4.79 Å². The number of benzene rings is 2. The highest BCUT2D eigenvalue weighted by Gasteiger charge is 2.12. The Balaban J connectivity index is 1.52. The van der Waals surface area contributed by atoms with Crippen LogP contribution < -0.4 is 20.1 Å². The summed E-state index contributed by atoms with van der Waals surface area (Å²) < 4.78 is 10.7. The van der Waals surface area contributed by atoms with E-state index in [4.69, 9.17) is 9.47 Å². The van der Waals surface area contributed by atoms with Gasteiger partial charge in [-0.2, -0.15) is 0 Å². The highest BCUT2D eigenvalue weighted by atomic mass is 16.7. The molecule has 0 unspecified atom stereocenters. The molecule has 5 nitrogen and oxygen atoms in total. The average Bonchev–Trinajstić information content (AvgIpc) is 3.07. The van der Waals surface area contributed by atoms with Gasteiger partial charge in [0.25, 0.3) is 0 Å². The number of anilines is 2. The van der Waals surface area contributed by atoms with E-state index in [0.29, 0.717) is 13.0 Å². The van der Waals surface area contributed by atoms with E-state index in [-0.39, 0.29) is 12.7 Å². The topological polar surface area (TPSA) is 59.6 Å². The van der Waals surface area contributed by atoms with Crippen LogP contribution in [-0.2, 0) is 11.3 Å². The molecule has 1 amide bonds. The van der Waals surface area contributed by atoms with Crippen LogP contribution in [0, 0.1) is 0 Å². The molecule has 2 aromatic rings. The number of ether oxygens (including phenoxy) is 2. The molecule has 0 radical (unpaired) electrons. The second kappa shape index (κ2) is 7.73. The van der Waals surface area contributed by atoms with E-state index in [0.717, 1.165) is 41.3 Å². The highest BCUT2D eigenvalue weighted by Crippen LogP contribution is 2.32. The lowest BCUT2D eigenvalue weighted by atomic mass is 10.2. The van der Waals surface area contributed by atoms with Gasteiger partial charge >= 0.3 is 0 Å². The number of hydrogen-bond donors (Lipinski definition) is 2. The molecule has 0 bridgehead atoms. The van der Waals surface area contributed by atoms with Gasteiger partial charge in [0.15, 0.2) is 11.5 Å². The van der Waals surface area contributed by atoms with Crippen molar-refractivity contribution in [2.75, 3.05) is 17.4 Å². The molecule has 1 aliphatic rings. The van der Waals surface area contributed by atoms with Crippen molar-refractivity contribution in [3.8, 4) is 11.5 Å². The van der Waals surface area contributed by atoms with Gasteiger partial charge in [0.05, 0.1) is 0 Å². The number of nitrogens with one attached hydrogen (secondary N) is 2. The number of hydrogen-bond acceptors (Lipinski definition) is 4. The summed E-state index contributed by atoms with van der Waals surface area (Å²) in [5, 5.41) is 6.27. The number of carbonyl (C=O) groups excluding carboxylic acids is 1. The first-order valence-electron chi connectivity index (χ1n) is 8.27. The van der Waals surface area contributed by atoms with Crippen molar-refractivity contribution in [3.63, 3.8) is 0 Å². The van der Waals surface area contributed by atoms with Crippen LogP contribution in [0.2, 0.25) is 0 Å². The molecule has 0 saturated carbocycles. The standard InChI is InChI=1S/C19H22N2O3/c1-2-3-4-19(22)21-16-8-6-15(7-9-16)20-12-14-5-10-17-18(11-14)24-13-23-17/h5-11,20H,2-4,12-13H2,1H3,(H,21,22). The summed E-state index contributed by atoms with van der Waals surface area (Å²) in [4.78, 5) is 11.7. The molecule has 24 heavy (non-hydrogen) atoms. The van der Waals surface area contributed by atoms with Crippen molar-refractivity contribution in [2.45, 2.75) is 32.7 Å². The first-order chi connectivity index (χ1) is 11.7. The molecular formula is C19H22N2O3. The Morgan fingerprint density at radius 3 is 2.58 bits per heavy atom. The fourth-order valence-electron chi connectivity index (χ4n) is 2.49. The lowest BCUT2D eigenvalue weighted by molar-refractivity contribution is -0.116. The van der Waals surface area contributed by atoms with Gasteiger partial charge in [0.1, 0.15) is 0 Å². The zero-order chi connectivity index (χ0) is 16.8. The molecule has 126 valence electrons. The molecule has 2 aromatic carbocycles. The van der Waals surface area contributed by atoms with Gasteiger partial charge in [-0.25, -0.2) is 0 Å². The fourth-order valence-corrected chi connectivity index (χ4v) is 2.49. The quantitative estimate of drug-likeness (QED) is 0.802. The maximum absolute atomic E-state index is 11.7. The largest absolute Gasteiger partial charge is 0.454 e. The molecule has 1 aliphatic heterocycles. The molecule has 0 spiro atoms. The lowest BCUT2D eigenvalue weighted by Crippen LogP contribution is -2.10. The summed E-state index contributed by atoms with van der Waals surface area (Å²) in [6.07, 6.45) is 2.51. The van der Waals surface area contributed by atoms with Crippen LogP contribution in [0.3, 0.4) is 0 Å². The van der Waals surface area contributed by atoms with E-state index >= 15 is 0 Å². The Hall–Kier alpha value is -2.69. The highest BCUT2D eigenvalue weighted by molar-refractivity contribution is 5.90. The first-order valence-corrected chi connectivity index (χ1v) is 8.27. The molecule has 3 rings (SSSR count). The predicted octanol–water partition coefficient (Wildman–Crippen LogP) is 4.16. The minimum Gasteiger partial charge on any atom is -0.454 e. The lowest BCUT2D eigenvalue weighted by Gasteiger charge is -2.09. The Bertz CT molecular complexity index is 698. The van der Waals surface area contributed by atoms with E-state index in [1.165, 1.54) is 0 Å². The van der Waals surface area contributed by atoms with Crippen LogP contribution in [0.4, 0.5) is 11.4 Å². The average molecular weight is 326 g/mol. The number of fused-ring (bicyclic) bond motifs is 1. The summed E-state index contributed by atoms with van der Waals surface area (Å²) >= 11 is 0. The van der Waals surface area contributed by atoms with Crippen molar-refractivity contribution in [2.24, 2.45) is 0 Å². The minimum atomic E-state index is 0.0675. The summed E-state index contributed by atoms with van der Waals surface area (Å²) in [5.41, 5.74) is 2.94. The van der Waals surface area contributed by atoms with Gasteiger partial charge in [-0.15, -0.1) is 0 Å². The molecule has 0 aromatic heterocycles. The Morgan fingerprint density at radius 2 is 1.79 bits per heavy atom. The molecular weight excluding hydrogens is 304 g/mol. The summed E-state index contributed by atoms with van der Waals surface area (Å²) in [7, 11) is 0. The summed E-state index contributed by atoms with van der Waals surface area (Å²) in [6, 6.07) is 13.7. The molecule has 2 N–H and O–H groups in total. The van der Waals surface area contributed by atoms with E-state index < -0.39 is 0 Å². The van der Waals surface area contributed by atoms with Crippen LogP contribution >= 0.6 is 0 Å². The maximum atomic E-state index is 11.7. The summed E-state index contributed by atoms with van der Waals surface area (Å²) in [5.74, 6) is 1.65. The normalized spacial score (nSPS) is 12.0. The maximum Gasteiger partial charge on any atom is 0.231 e. The van der Waals surface area contributed by atoms with Gasteiger partial charge in [0.2, 0.25) is 12.7 Å². The molecule has 5 heteroatoms. The smallest absolute Gasteiger partial charge is 0.231 e. The van der Waals surface area contributed by atoms with E-state index in [1.807, 2.05) is 42.5 Å². The first kappa shape index (κ1) is 16.2. The zero-order valence-electron chi connectivity index (χ0n) is 13.8. The number of amides is 1. The van der Waals surface area contributed by atoms with Crippen molar-refractivity contribution in [1.29, 1.82) is 0 Å². The van der Waals surface area contributed by atoms with Crippen LogP contribution in [0.1, 0.15) is 31.7 Å². The van der Waals surface area contributed by atoms with Gasteiger partial charge in [-0.3, -0.25) is 4.79 Å². The van der Waals surface area contributed by atoms with Crippen LogP contribution in [0.25, 0.3) is 0 Å². The zero-order valence-corrected chi connectivity index (χ0v) is 13.8. The Labute approximate surface area is 142 Å². The van der Waals surface area contributed by atoms with Gasteiger partial charge in [-0.05, 0) is 48.4 Å². The van der Waals surface area contributed by atoms with Gasteiger partial charge in [-0.1, -0.05) is 19.4 Å². The third-order valence-corrected chi connectivity index (χ3v) is 3.86. The Morgan fingerprint density at radius 1 is 1.04 bits per heavy atom. The predicted molar refractivity (Wildman–Crippen MR) is 94.5 cm³/mol. The Kier molecular flexibility index (Phi) is 5.21. The minimum absolute atomic E-state index is 0.0675. The summed E-state index contributed by atoms with van der Waals surface area (Å²) in [6.45, 7) is 3.06. The number of carbonyl (C=O) groups is 1. The van der Waals surface area contributed by atoms with Crippen molar-refractivity contribution < 1.29 is 14.3 Å². The van der Waals surface area contributed by atoms with E-state index in [1.54, 1.807) is 0 Å². The fraction of sp³-hybridized carbons (Fsp3) is 0.316. The number of unbranched alkanes of at least 4 members (excludes halogenated alkanes) is 1.